The van der Waals surface area contributed by atoms with Crippen molar-refractivity contribution in [3.05, 3.63) is 70.3 Å². The molecule has 12 heteroatoms. The van der Waals surface area contributed by atoms with Crippen LogP contribution in [0.1, 0.15) is 53.5 Å². The second kappa shape index (κ2) is 12.1. The number of hydrogen-bond donors (Lipinski definition) is 0. The van der Waals surface area contributed by atoms with E-state index in [1.54, 1.807) is 4.90 Å². The molecular formula is C32H34F6N4O2. The van der Waals surface area contributed by atoms with Crippen LogP contribution < -0.4 is 0 Å². The summed E-state index contributed by atoms with van der Waals surface area (Å²) in [6, 6.07) is 9.90. The Morgan fingerprint density at radius 3 is 2.09 bits per heavy atom. The molecule has 0 spiro atoms. The van der Waals surface area contributed by atoms with Gasteiger partial charge in [-0.2, -0.15) is 31.6 Å². The number of halogens is 6. The first-order valence-electron chi connectivity index (χ1n) is 14.7. The number of likely N-dealkylation sites (tertiary alicyclic amines) is 1. The second-order valence-electron chi connectivity index (χ2n) is 12.4. The van der Waals surface area contributed by atoms with Crippen LogP contribution in [0.25, 0.3) is 0 Å². The Morgan fingerprint density at radius 2 is 1.50 bits per heavy atom. The van der Waals surface area contributed by atoms with Crippen LogP contribution in [-0.2, 0) is 34.9 Å². The molecule has 0 bridgehead atoms. The van der Waals surface area contributed by atoms with Crippen molar-refractivity contribution in [3.8, 4) is 6.07 Å². The summed E-state index contributed by atoms with van der Waals surface area (Å²) >= 11 is 0. The van der Waals surface area contributed by atoms with E-state index in [0.717, 1.165) is 11.1 Å². The molecule has 3 aliphatic heterocycles. The van der Waals surface area contributed by atoms with Crippen molar-refractivity contribution < 1.29 is 35.9 Å². The van der Waals surface area contributed by atoms with E-state index in [9.17, 15) is 35.9 Å². The van der Waals surface area contributed by atoms with E-state index in [0.29, 0.717) is 44.6 Å². The van der Waals surface area contributed by atoms with Crippen LogP contribution in [-0.4, -0.2) is 65.8 Å². The summed E-state index contributed by atoms with van der Waals surface area (Å²) in [7, 11) is 1.94. The number of rotatable bonds is 4. The van der Waals surface area contributed by atoms with Crippen LogP contribution in [0, 0.1) is 29.1 Å². The lowest BCUT2D eigenvalue weighted by Crippen LogP contribution is -2.65. The van der Waals surface area contributed by atoms with Crippen molar-refractivity contribution >= 4 is 11.8 Å². The molecule has 5 rings (SSSR count). The third-order valence-corrected chi connectivity index (χ3v) is 9.24. The molecule has 2 aromatic rings. The Morgan fingerprint density at radius 1 is 0.864 bits per heavy atom. The number of alkyl halides is 6. The number of nitrogens with zero attached hydrogens (tertiary/aromatic N) is 4. The molecule has 3 heterocycles. The predicted octanol–water partition coefficient (Wildman–Crippen LogP) is 5.72. The number of carbonyl (C=O) groups is 2. The second-order valence-corrected chi connectivity index (χ2v) is 12.4. The van der Waals surface area contributed by atoms with Crippen molar-refractivity contribution in [1.82, 2.24) is 14.7 Å². The van der Waals surface area contributed by atoms with E-state index in [2.05, 4.69) is 11.0 Å². The average Bonchev–Trinajstić information content (AvgIpc) is 2.95. The molecule has 236 valence electrons. The number of piperidine rings is 2. The van der Waals surface area contributed by atoms with Gasteiger partial charge in [0.25, 0.3) is 0 Å². The molecule has 0 aliphatic carbocycles. The molecule has 2 aromatic carbocycles. The fraction of sp³-hybridized carbons (Fsp3) is 0.531. The SMILES string of the molecule is C[C@@H]1CCN2C(=O)C3CN(C)CCC3C(c3ccc(CC#N)cc3)C2C(=O)N(Cc2cc(C(F)(F)F)cc(C(F)(F)F)c2)C1. The van der Waals surface area contributed by atoms with Crippen LogP contribution in [0.5, 0.6) is 0 Å². The van der Waals surface area contributed by atoms with Gasteiger partial charge in [0.05, 0.1) is 29.5 Å². The van der Waals surface area contributed by atoms with Crippen LogP contribution in [0.15, 0.2) is 42.5 Å². The lowest BCUT2D eigenvalue weighted by Gasteiger charge is -2.53. The number of nitriles is 1. The normalized spacial score (nSPS) is 26.8. The highest BCUT2D eigenvalue weighted by atomic mass is 19.4. The Bertz CT molecular complexity index is 1400. The fourth-order valence-electron chi connectivity index (χ4n) is 7.09. The lowest BCUT2D eigenvalue weighted by molar-refractivity contribution is -0.162. The lowest BCUT2D eigenvalue weighted by atomic mass is 9.66. The van der Waals surface area contributed by atoms with Crippen molar-refractivity contribution in [2.45, 2.75) is 57.0 Å². The molecule has 0 aromatic heterocycles. The molecule has 0 N–H and O–H groups in total. The topological polar surface area (TPSA) is 67.6 Å². The molecule has 6 nitrogen and oxygen atoms in total. The van der Waals surface area contributed by atoms with Gasteiger partial charge in [-0.05, 0) is 73.2 Å². The van der Waals surface area contributed by atoms with Crippen LogP contribution in [0.3, 0.4) is 0 Å². The van der Waals surface area contributed by atoms with E-state index in [-0.39, 0.29) is 48.3 Å². The van der Waals surface area contributed by atoms with Crippen molar-refractivity contribution in [3.63, 3.8) is 0 Å². The van der Waals surface area contributed by atoms with Crippen LogP contribution in [0.4, 0.5) is 26.3 Å². The van der Waals surface area contributed by atoms with E-state index in [1.807, 2.05) is 38.2 Å². The van der Waals surface area contributed by atoms with Crippen molar-refractivity contribution in [2.24, 2.45) is 17.8 Å². The number of hydrogen-bond acceptors (Lipinski definition) is 4. The molecule has 0 radical (unpaired) electrons. The monoisotopic (exact) mass is 620 g/mol. The third-order valence-electron chi connectivity index (χ3n) is 9.24. The molecular weight excluding hydrogens is 586 g/mol. The van der Waals surface area contributed by atoms with E-state index >= 15 is 0 Å². The minimum atomic E-state index is -5.01. The predicted molar refractivity (Wildman–Crippen MR) is 149 cm³/mol. The van der Waals surface area contributed by atoms with E-state index < -0.39 is 47.9 Å². The first-order valence-corrected chi connectivity index (χ1v) is 14.7. The van der Waals surface area contributed by atoms with Gasteiger partial charge in [-0.1, -0.05) is 31.2 Å². The molecule has 5 atom stereocenters. The zero-order valence-corrected chi connectivity index (χ0v) is 24.5. The Balaban J connectivity index is 1.58. The minimum Gasteiger partial charge on any atom is -0.336 e. The first-order chi connectivity index (χ1) is 20.7. The van der Waals surface area contributed by atoms with E-state index in [1.165, 1.54) is 4.90 Å². The summed E-state index contributed by atoms with van der Waals surface area (Å²) in [5, 5.41) is 9.11. The van der Waals surface area contributed by atoms with Gasteiger partial charge in [-0.15, -0.1) is 0 Å². The summed E-state index contributed by atoms with van der Waals surface area (Å²) in [5.41, 5.74) is -1.54. The number of amides is 2. The Labute approximate surface area is 252 Å². The standard InChI is InChI=1S/C32H34F6N4O2/c1-19-8-12-42-28(30(44)41(16-19)17-21-13-23(31(33,34)35)15-24(14-21)32(36,37)38)27(22-5-3-20(4-6-22)7-10-39)25-9-11-40(2)18-26(25)29(42)43/h3-6,13-15,19,25-28H,7-9,11-12,16-18H2,1-2H3/t19-,25?,26?,27?,28?/m1/s1. The van der Waals surface area contributed by atoms with Gasteiger partial charge >= 0.3 is 12.4 Å². The van der Waals surface area contributed by atoms with Gasteiger partial charge in [-0.3, -0.25) is 9.59 Å². The number of fused-ring (bicyclic) bond motifs is 2. The average molecular weight is 621 g/mol. The Hall–Kier alpha value is -3.59. The highest BCUT2D eigenvalue weighted by molar-refractivity contribution is 5.92. The maximum absolute atomic E-state index is 14.5. The quantitative estimate of drug-likeness (QED) is 0.410. The highest BCUT2D eigenvalue weighted by Gasteiger charge is 2.54. The highest BCUT2D eigenvalue weighted by Crippen LogP contribution is 2.46. The zero-order chi connectivity index (χ0) is 32.0. The molecule has 4 unspecified atom stereocenters. The molecule has 2 amide bonds. The molecule has 3 fully saturated rings. The molecule has 3 saturated heterocycles. The molecule has 44 heavy (non-hydrogen) atoms. The van der Waals surface area contributed by atoms with Crippen LogP contribution >= 0.6 is 0 Å². The smallest absolute Gasteiger partial charge is 0.336 e. The van der Waals surface area contributed by atoms with Crippen molar-refractivity contribution in [1.29, 1.82) is 5.26 Å². The maximum Gasteiger partial charge on any atom is 0.416 e. The number of benzene rings is 2. The third kappa shape index (κ3) is 6.43. The Kier molecular flexibility index (Phi) is 8.73. The van der Waals surface area contributed by atoms with Gasteiger partial charge in [0, 0.05) is 32.1 Å². The van der Waals surface area contributed by atoms with Gasteiger partial charge < -0.3 is 14.7 Å². The van der Waals surface area contributed by atoms with Crippen molar-refractivity contribution in [2.75, 3.05) is 33.2 Å². The number of carbonyl (C=O) groups excluding carboxylic acids is 2. The summed E-state index contributed by atoms with van der Waals surface area (Å²) in [6.45, 7) is 3.07. The summed E-state index contributed by atoms with van der Waals surface area (Å²) in [6.07, 6.45) is -8.65. The van der Waals surface area contributed by atoms with Crippen LogP contribution in [0.2, 0.25) is 0 Å². The maximum atomic E-state index is 14.5. The summed E-state index contributed by atoms with van der Waals surface area (Å²) in [5.74, 6) is -1.77. The summed E-state index contributed by atoms with van der Waals surface area (Å²) < 4.78 is 81.7. The molecule has 3 aliphatic rings. The molecule has 0 saturated carbocycles. The fourth-order valence-corrected chi connectivity index (χ4v) is 7.09. The zero-order valence-electron chi connectivity index (χ0n) is 24.5. The first kappa shape index (κ1) is 31.8. The van der Waals surface area contributed by atoms with Gasteiger partial charge in [0.15, 0.2) is 0 Å². The van der Waals surface area contributed by atoms with Gasteiger partial charge in [0.2, 0.25) is 11.8 Å². The van der Waals surface area contributed by atoms with Gasteiger partial charge in [-0.25, -0.2) is 0 Å². The van der Waals surface area contributed by atoms with E-state index in [4.69, 9.17) is 5.26 Å². The summed E-state index contributed by atoms with van der Waals surface area (Å²) in [4.78, 5) is 33.5. The minimum absolute atomic E-state index is 0.0786. The van der Waals surface area contributed by atoms with Gasteiger partial charge in [0.1, 0.15) is 6.04 Å². The largest absolute Gasteiger partial charge is 0.416 e.